The molecule has 0 aliphatic carbocycles. The molecule has 0 fully saturated rings. The highest BCUT2D eigenvalue weighted by Crippen LogP contribution is 2.30. The fraction of sp³-hybridized carbons (Fsp3) is 0.269. The van der Waals surface area contributed by atoms with E-state index in [0.29, 0.717) is 22.9 Å². The lowest BCUT2D eigenvalue weighted by atomic mass is 10.1. The summed E-state index contributed by atoms with van der Waals surface area (Å²) < 4.78 is 23.9. The van der Waals surface area contributed by atoms with Crippen LogP contribution < -0.4 is 18.9 Å². The number of aromatic nitrogens is 2. The zero-order valence-electron chi connectivity index (χ0n) is 19.2. The summed E-state index contributed by atoms with van der Waals surface area (Å²) in [7, 11) is 6.56. The maximum atomic E-state index is 6.24. The van der Waals surface area contributed by atoms with E-state index in [9.17, 15) is 0 Å². The van der Waals surface area contributed by atoms with E-state index in [1.807, 2.05) is 48.5 Å². The summed E-state index contributed by atoms with van der Waals surface area (Å²) in [5.74, 6) is 3.81. The van der Waals surface area contributed by atoms with Gasteiger partial charge < -0.3 is 23.5 Å². The minimum atomic E-state index is 0.651. The first-order valence-electron chi connectivity index (χ1n) is 10.6. The van der Waals surface area contributed by atoms with E-state index in [2.05, 4.69) is 10.6 Å². The van der Waals surface area contributed by atoms with Crippen LogP contribution in [0.1, 0.15) is 17.0 Å². The molecule has 1 aromatic heterocycles. The van der Waals surface area contributed by atoms with E-state index in [-0.39, 0.29) is 0 Å². The summed E-state index contributed by atoms with van der Waals surface area (Å²) in [5.41, 5.74) is 4.17. The number of aryl methyl sites for hydroxylation is 2. The van der Waals surface area contributed by atoms with Crippen molar-refractivity contribution in [3.05, 3.63) is 76.6 Å². The Morgan fingerprint density at radius 1 is 0.727 bits per heavy atom. The Bertz CT molecular complexity index is 1270. The van der Waals surface area contributed by atoms with Gasteiger partial charge in [0, 0.05) is 18.0 Å². The molecule has 0 spiro atoms. The second kappa shape index (κ2) is 10.0. The maximum absolute atomic E-state index is 6.24. The van der Waals surface area contributed by atoms with Gasteiger partial charge in [0.25, 0.3) is 0 Å². The number of halogens is 1. The molecular weight excluding hydrogens is 440 g/mol. The van der Waals surface area contributed by atoms with Crippen molar-refractivity contribution in [2.24, 2.45) is 0 Å². The van der Waals surface area contributed by atoms with E-state index in [4.69, 9.17) is 35.5 Å². The molecule has 0 N–H and O–H groups in total. The summed E-state index contributed by atoms with van der Waals surface area (Å²) in [6.45, 7) is 0.760. The highest BCUT2D eigenvalue weighted by Gasteiger charge is 2.14. The summed E-state index contributed by atoms with van der Waals surface area (Å²) in [6, 6.07) is 17.8. The lowest BCUT2D eigenvalue weighted by Crippen LogP contribution is -2.07. The lowest BCUT2D eigenvalue weighted by molar-refractivity contribution is 0.354. The van der Waals surface area contributed by atoms with Gasteiger partial charge in [-0.2, -0.15) is 0 Å². The molecule has 172 valence electrons. The third kappa shape index (κ3) is 4.86. The third-order valence-corrected chi connectivity index (χ3v) is 5.91. The van der Waals surface area contributed by atoms with E-state index in [0.717, 1.165) is 52.4 Å². The molecule has 33 heavy (non-hydrogen) atoms. The quantitative estimate of drug-likeness (QED) is 0.323. The fourth-order valence-electron chi connectivity index (χ4n) is 3.99. The molecule has 4 aromatic rings. The van der Waals surface area contributed by atoms with Crippen LogP contribution in [0.2, 0.25) is 5.02 Å². The lowest BCUT2D eigenvalue weighted by Gasteiger charge is -2.13. The molecule has 0 aliphatic rings. The van der Waals surface area contributed by atoms with Crippen LogP contribution >= 0.6 is 11.6 Å². The molecule has 0 saturated carbocycles. The van der Waals surface area contributed by atoms with Gasteiger partial charge in [0.2, 0.25) is 0 Å². The second-order valence-corrected chi connectivity index (χ2v) is 8.05. The Labute approximate surface area is 198 Å². The van der Waals surface area contributed by atoms with Crippen LogP contribution in [0, 0.1) is 0 Å². The largest absolute Gasteiger partial charge is 0.493 e. The summed E-state index contributed by atoms with van der Waals surface area (Å²) in [5, 5.41) is 0.671. The summed E-state index contributed by atoms with van der Waals surface area (Å²) >= 11 is 6.24. The van der Waals surface area contributed by atoms with Crippen molar-refractivity contribution in [3.8, 4) is 23.0 Å². The topological polar surface area (TPSA) is 54.7 Å². The van der Waals surface area contributed by atoms with E-state index in [1.54, 1.807) is 28.4 Å². The number of methoxy groups -OCH3 is 4. The molecule has 3 aromatic carbocycles. The predicted octanol–water partition coefficient (Wildman–Crippen LogP) is 5.56. The van der Waals surface area contributed by atoms with Gasteiger partial charge in [-0.05, 0) is 60.0 Å². The van der Waals surface area contributed by atoms with Crippen LogP contribution in [-0.4, -0.2) is 38.0 Å². The normalized spacial score (nSPS) is 10.9. The molecule has 0 atom stereocenters. The van der Waals surface area contributed by atoms with Gasteiger partial charge in [0.15, 0.2) is 23.0 Å². The molecule has 0 unspecified atom stereocenters. The van der Waals surface area contributed by atoms with Crippen LogP contribution in [0.25, 0.3) is 11.0 Å². The highest BCUT2D eigenvalue weighted by molar-refractivity contribution is 6.31. The third-order valence-electron chi connectivity index (χ3n) is 5.67. The van der Waals surface area contributed by atoms with Crippen molar-refractivity contribution in [1.82, 2.24) is 9.55 Å². The SMILES string of the molecule is COc1ccc(CCn2c(Cc3ccc(OC)c(OC)c3)nc3cc(Cl)ccc32)cc1OC. The van der Waals surface area contributed by atoms with Crippen LogP contribution in [0.4, 0.5) is 0 Å². The van der Waals surface area contributed by atoms with Crippen molar-refractivity contribution in [1.29, 1.82) is 0 Å². The summed E-state index contributed by atoms with van der Waals surface area (Å²) in [4.78, 5) is 4.90. The molecule has 0 radical (unpaired) electrons. The van der Waals surface area contributed by atoms with Gasteiger partial charge in [-0.3, -0.25) is 0 Å². The number of nitrogens with zero attached hydrogens (tertiary/aromatic N) is 2. The van der Waals surface area contributed by atoms with Crippen molar-refractivity contribution in [2.75, 3.05) is 28.4 Å². The monoisotopic (exact) mass is 466 g/mol. The Hall–Kier alpha value is -3.38. The van der Waals surface area contributed by atoms with Gasteiger partial charge in [-0.25, -0.2) is 4.98 Å². The van der Waals surface area contributed by atoms with Gasteiger partial charge in [0.05, 0.1) is 39.5 Å². The molecule has 7 heteroatoms. The van der Waals surface area contributed by atoms with Gasteiger partial charge in [0.1, 0.15) is 5.82 Å². The molecule has 6 nitrogen and oxygen atoms in total. The Morgan fingerprint density at radius 2 is 1.33 bits per heavy atom. The number of fused-ring (bicyclic) bond motifs is 1. The fourth-order valence-corrected chi connectivity index (χ4v) is 4.15. The molecule has 0 amide bonds. The number of hydrogen-bond donors (Lipinski definition) is 0. The van der Waals surface area contributed by atoms with Crippen molar-refractivity contribution in [2.45, 2.75) is 19.4 Å². The maximum Gasteiger partial charge on any atom is 0.161 e. The Kier molecular flexibility index (Phi) is 6.94. The first-order valence-corrected chi connectivity index (χ1v) is 11.0. The van der Waals surface area contributed by atoms with Crippen LogP contribution in [0.3, 0.4) is 0 Å². The number of hydrogen-bond acceptors (Lipinski definition) is 5. The van der Waals surface area contributed by atoms with E-state index < -0.39 is 0 Å². The zero-order valence-corrected chi connectivity index (χ0v) is 20.0. The average molecular weight is 467 g/mol. The van der Waals surface area contributed by atoms with Crippen molar-refractivity contribution >= 4 is 22.6 Å². The number of benzene rings is 3. The number of imidazole rings is 1. The van der Waals surface area contributed by atoms with Gasteiger partial charge in [-0.1, -0.05) is 23.7 Å². The number of ether oxygens (including phenoxy) is 4. The van der Waals surface area contributed by atoms with Crippen LogP contribution in [-0.2, 0) is 19.4 Å². The highest BCUT2D eigenvalue weighted by atomic mass is 35.5. The first kappa shape index (κ1) is 22.8. The summed E-state index contributed by atoms with van der Waals surface area (Å²) in [6.07, 6.45) is 1.46. The van der Waals surface area contributed by atoms with Gasteiger partial charge in [-0.15, -0.1) is 0 Å². The van der Waals surface area contributed by atoms with Crippen molar-refractivity contribution in [3.63, 3.8) is 0 Å². The molecule has 1 heterocycles. The molecular formula is C26H27ClN2O4. The Morgan fingerprint density at radius 3 is 1.97 bits per heavy atom. The van der Waals surface area contributed by atoms with E-state index >= 15 is 0 Å². The van der Waals surface area contributed by atoms with Crippen LogP contribution in [0.5, 0.6) is 23.0 Å². The standard InChI is InChI=1S/C26H27ClN2O4/c1-30-22-9-5-17(13-24(22)32-3)11-12-29-21-8-7-19(27)16-20(21)28-26(29)15-18-6-10-23(31-2)25(14-18)33-4/h5-10,13-14,16H,11-12,15H2,1-4H3. The molecule has 4 rings (SSSR count). The second-order valence-electron chi connectivity index (χ2n) is 7.62. The molecule has 0 saturated heterocycles. The van der Waals surface area contributed by atoms with E-state index in [1.165, 1.54) is 0 Å². The first-order chi connectivity index (χ1) is 16.1. The van der Waals surface area contributed by atoms with Crippen molar-refractivity contribution < 1.29 is 18.9 Å². The molecule has 0 bridgehead atoms. The van der Waals surface area contributed by atoms with Gasteiger partial charge >= 0.3 is 0 Å². The number of rotatable bonds is 9. The minimum Gasteiger partial charge on any atom is -0.493 e. The predicted molar refractivity (Wildman–Crippen MR) is 130 cm³/mol. The smallest absolute Gasteiger partial charge is 0.161 e. The molecule has 0 aliphatic heterocycles. The minimum absolute atomic E-state index is 0.651. The van der Waals surface area contributed by atoms with Crippen LogP contribution in [0.15, 0.2) is 54.6 Å². The Balaban J connectivity index is 1.66. The zero-order chi connectivity index (χ0) is 23.4. The average Bonchev–Trinajstić information content (AvgIpc) is 3.17.